The van der Waals surface area contributed by atoms with Crippen molar-refractivity contribution in [3.63, 3.8) is 0 Å². The van der Waals surface area contributed by atoms with Gasteiger partial charge in [0.15, 0.2) is 6.61 Å². The number of amides is 1. The van der Waals surface area contributed by atoms with E-state index in [9.17, 15) is 14.4 Å². The highest BCUT2D eigenvalue weighted by Gasteiger charge is 2.19. The summed E-state index contributed by atoms with van der Waals surface area (Å²) < 4.78 is 12.0. The van der Waals surface area contributed by atoms with E-state index in [-0.39, 0.29) is 36.6 Å². The Morgan fingerprint density at radius 1 is 1.00 bits per heavy atom. The Labute approximate surface area is 191 Å². The molecule has 4 rings (SSSR count). The summed E-state index contributed by atoms with van der Waals surface area (Å²) in [6, 6.07) is 14.5. The van der Waals surface area contributed by atoms with Crippen LogP contribution in [0, 0.1) is 0 Å². The topological polar surface area (TPSA) is 90.7 Å². The first-order chi connectivity index (χ1) is 16.1. The quantitative estimate of drug-likeness (QED) is 0.515. The van der Waals surface area contributed by atoms with Crippen molar-refractivity contribution < 1.29 is 19.1 Å². The summed E-state index contributed by atoms with van der Waals surface area (Å²) >= 11 is 0. The summed E-state index contributed by atoms with van der Waals surface area (Å²) in [5, 5.41) is 0. The highest BCUT2D eigenvalue weighted by Crippen LogP contribution is 2.19. The van der Waals surface area contributed by atoms with E-state index in [1.807, 2.05) is 24.3 Å². The van der Waals surface area contributed by atoms with Gasteiger partial charge < -0.3 is 14.4 Å². The molecule has 1 aromatic heterocycles. The van der Waals surface area contributed by atoms with Crippen LogP contribution in [0.2, 0.25) is 0 Å². The molecule has 3 aromatic rings. The molecule has 0 spiro atoms. The maximum Gasteiger partial charge on any atom is 0.306 e. The first kappa shape index (κ1) is 22.5. The number of aromatic nitrogens is 2. The van der Waals surface area contributed by atoms with E-state index in [2.05, 4.69) is 4.98 Å². The maximum absolute atomic E-state index is 13.3. The number of piperidine rings is 1. The molecule has 0 N–H and O–H groups in total. The van der Waals surface area contributed by atoms with Crippen molar-refractivity contribution in [2.24, 2.45) is 0 Å². The molecule has 0 aliphatic carbocycles. The molecular weight excluding hydrogens is 422 g/mol. The Morgan fingerprint density at radius 2 is 1.73 bits per heavy atom. The van der Waals surface area contributed by atoms with Crippen LogP contribution in [0.15, 0.2) is 53.3 Å². The fourth-order valence-corrected chi connectivity index (χ4v) is 4.00. The second-order valence-corrected chi connectivity index (χ2v) is 7.99. The van der Waals surface area contributed by atoms with Crippen molar-refractivity contribution in [1.29, 1.82) is 0 Å². The Morgan fingerprint density at radius 3 is 2.45 bits per heavy atom. The average Bonchev–Trinajstić information content (AvgIpc) is 2.86. The molecule has 1 aliphatic heterocycles. The number of rotatable bonds is 7. The van der Waals surface area contributed by atoms with E-state index in [1.54, 1.807) is 40.8 Å². The van der Waals surface area contributed by atoms with Crippen molar-refractivity contribution in [1.82, 2.24) is 14.5 Å². The lowest BCUT2D eigenvalue weighted by Crippen LogP contribution is -2.38. The van der Waals surface area contributed by atoms with Gasteiger partial charge in [-0.05, 0) is 55.7 Å². The molecule has 0 unspecified atom stereocenters. The summed E-state index contributed by atoms with van der Waals surface area (Å²) in [4.78, 5) is 44.0. The molecule has 0 saturated carbocycles. The van der Waals surface area contributed by atoms with E-state index >= 15 is 0 Å². The summed E-state index contributed by atoms with van der Waals surface area (Å²) in [6.45, 7) is 1.16. The Balaban J connectivity index is 1.49. The minimum absolute atomic E-state index is 0.0313. The second kappa shape index (κ2) is 10.3. The van der Waals surface area contributed by atoms with E-state index < -0.39 is 5.97 Å². The highest BCUT2D eigenvalue weighted by atomic mass is 16.5. The van der Waals surface area contributed by atoms with Crippen molar-refractivity contribution in [3.05, 3.63) is 64.6 Å². The summed E-state index contributed by atoms with van der Waals surface area (Å²) in [5.41, 5.74) is 1.97. The fourth-order valence-electron chi connectivity index (χ4n) is 4.00. The molecule has 0 bridgehead atoms. The van der Waals surface area contributed by atoms with Crippen LogP contribution in [0.3, 0.4) is 0 Å². The van der Waals surface area contributed by atoms with E-state index in [0.29, 0.717) is 35.6 Å². The molecule has 172 valence electrons. The number of para-hydroxylation sites is 2. The molecular formula is C25H27N3O5. The molecule has 8 heteroatoms. The van der Waals surface area contributed by atoms with Gasteiger partial charge in [0.05, 0.1) is 24.6 Å². The van der Waals surface area contributed by atoms with Gasteiger partial charge in [-0.3, -0.25) is 19.0 Å². The Kier molecular flexibility index (Phi) is 7.02. The molecule has 1 amide bonds. The fraction of sp³-hybridized carbons (Fsp3) is 0.360. The predicted octanol–water partition coefficient (Wildman–Crippen LogP) is 2.88. The van der Waals surface area contributed by atoms with E-state index in [4.69, 9.17) is 9.47 Å². The monoisotopic (exact) mass is 449 g/mol. The molecule has 33 heavy (non-hydrogen) atoms. The summed E-state index contributed by atoms with van der Waals surface area (Å²) in [7, 11) is 1.58. The second-order valence-electron chi connectivity index (χ2n) is 7.99. The third-order valence-corrected chi connectivity index (χ3v) is 5.79. The number of esters is 1. The smallest absolute Gasteiger partial charge is 0.306 e. The summed E-state index contributed by atoms with van der Waals surface area (Å²) in [5.74, 6) is -0.00770. The molecule has 1 saturated heterocycles. The number of hydrogen-bond donors (Lipinski definition) is 0. The van der Waals surface area contributed by atoms with Gasteiger partial charge in [-0.1, -0.05) is 12.1 Å². The van der Waals surface area contributed by atoms with Crippen molar-refractivity contribution in [2.45, 2.75) is 32.1 Å². The van der Waals surface area contributed by atoms with E-state index in [1.165, 1.54) is 0 Å². The number of carbonyl (C=O) groups is 2. The number of methoxy groups -OCH3 is 1. The standard InChI is InChI=1S/C25H27N3O5/c1-32-19-11-9-18(10-12-19)28-22-8-4-3-7-20(22)26-21(25(28)31)13-14-24(30)33-17-23(29)27-15-5-2-6-16-27/h3-4,7-12H,2,5-6,13-17H2,1H3. The van der Waals surface area contributed by atoms with Crippen LogP contribution >= 0.6 is 0 Å². The van der Waals surface area contributed by atoms with Gasteiger partial charge in [-0.25, -0.2) is 4.98 Å². The van der Waals surface area contributed by atoms with Crippen molar-refractivity contribution >= 4 is 22.9 Å². The van der Waals surface area contributed by atoms with Gasteiger partial charge in [-0.2, -0.15) is 0 Å². The largest absolute Gasteiger partial charge is 0.497 e. The van der Waals surface area contributed by atoms with Crippen molar-refractivity contribution in [3.8, 4) is 11.4 Å². The van der Waals surface area contributed by atoms with Crippen LogP contribution in [-0.2, 0) is 20.7 Å². The molecule has 2 aromatic carbocycles. The van der Waals surface area contributed by atoms with Gasteiger partial charge in [0.1, 0.15) is 11.4 Å². The zero-order valence-corrected chi connectivity index (χ0v) is 18.7. The number of ether oxygens (including phenoxy) is 2. The normalized spacial score (nSPS) is 13.7. The number of likely N-dealkylation sites (tertiary alicyclic amines) is 1. The average molecular weight is 450 g/mol. The molecule has 1 fully saturated rings. The lowest BCUT2D eigenvalue weighted by atomic mass is 10.1. The van der Waals surface area contributed by atoms with Gasteiger partial charge in [0, 0.05) is 25.2 Å². The molecule has 2 heterocycles. The van der Waals surface area contributed by atoms with Crippen LogP contribution in [-0.4, -0.2) is 53.1 Å². The molecule has 1 aliphatic rings. The van der Waals surface area contributed by atoms with Gasteiger partial charge in [0.2, 0.25) is 0 Å². The molecule has 8 nitrogen and oxygen atoms in total. The number of nitrogens with zero attached hydrogens (tertiary/aromatic N) is 3. The van der Waals surface area contributed by atoms with Crippen molar-refractivity contribution in [2.75, 3.05) is 26.8 Å². The number of hydrogen-bond acceptors (Lipinski definition) is 6. The number of aryl methyl sites for hydroxylation is 1. The third kappa shape index (κ3) is 5.22. The minimum atomic E-state index is -0.522. The van der Waals surface area contributed by atoms with Gasteiger partial charge in [-0.15, -0.1) is 0 Å². The highest BCUT2D eigenvalue weighted by molar-refractivity contribution is 5.81. The van der Waals surface area contributed by atoms with Crippen LogP contribution in [0.25, 0.3) is 16.7 Å². The zero-order chi connectivity index (χ0) is 23.2. The molecule has 0 atom stereocenters. The van der Waals surface area contributed by atoms with Crippen LogP contribution in [0.5, 0.6) is 5.75 Å². The lowest BCUT2D eigenvalue weighted by Gasteiger charge is -2.26. The van der Waals surface area contributed by atoms with E-state index in [0.717, 1.165) is 19.3 Å². The number of carbonyl (C=O) groups excluding carboxylic acids is 2. The van der Waals surface area contributed by atoms with Crippen LogP contribution in [0.4, 0.5) is 0 Å². The Hall–Kier alpha value is -3.68. The van der Waals surface area contributed by atoms with Gasteiger partial charge in [0.25, 0.3) is 11.5 Å². The minimum Gasteiger partial charge on any atom is -0.497 e. The third-order valence-electron chi connectivity index (χ3n) is 5.79. The molecule has 0 radical (unpaired) electrons. The SMILES string of the molecule is COc1ccc(-n2c(=O)c(CCC(=O)OCC(=O)N3CCCCC3)nc3ccccc32)cc1. The first-order valence-electron chi connectivity index (χ1n) is 11.2. The summed E-state index contributed by atoms with van der Waals surface area (Å²) in [6.07, 6.45) is 3.17. The van der Waals surface area contributed by atoms with Crippen LogP contribution in [0.1, 0.15) is 31.4 Å². The number of benzene rings is 2. The van der Waals surface area contributed by atoms with Gasteiger partial charge >= 0.3 is 5.97 Å². The number of fused-ring (bicyclic) bond motifs is 1. The predicted molar refractivity (Wildman–Crippen MR) is 124 cm³/mol. The first-order valence-corrected chi connectivity index (χ1v) is 11.2. The lowest BCUT2D eigenvalue weighted by molar-refractivity contribution is -0.152. The van der Waals surface area contributed by atoms with Crippen LogP contribution < -0.4 is 10.3 Å². The maximum atomic E-state index is 13.3. The zero-order valence-electron chi connectivity index (χ0n) is 18.7. The Bertz CT molecular complexity index is 1200.